The standard InChI is InChI=1S/C15H19FN2O2/c16-11-3-5-13-10(8-11)2-1-7-18(13)15(19)14-6-4-12(9-17)20-14/h3,5,8,12,14H,1-2,4,6-7,9,17H2/t12-,14+/m1/s1. The van der Waals surface area contributed by atoms with Crippen molar-refractivity contribution in [1.29, 1.82) is 0 Å². The molecule has 108 valence electrons. The molecule has 2 aliphatic rings. The number of hydrogen-bond acceptors (Lipinski definition) is 3. The molecule has 1 fully saturated rings. The molecule has 2 aliphatic heterocycles. The molecule has 0 saturated carbocycles. The van der Waals surface area contributed by atoms with E-state index in [9.17, 15) is 9.18 Å². The largest absolute Gasteiger partial charge is 0.364 e. The normalized spacial score (nSPS) is 25.6. The molecule has 20 heavy (non-hydrogen) atoms. The van der Waals surface area contributed by atoms with Crippen molar-refractivity contribution < 1.29 is 13.9 Å². The van der Waals surface area contributed by atoms with Crippen LogP contribution in [0.1, 0.15) is 24.8 Å². The second kappa shape index (κ2) is 5.50. The third kappa shape index (κ3) is 2.43. The van der Waals surface area contributed by atoms with Gasteiger partial charge in [0, 0.05) is 18.8 Å². The number of halogens is 1. The number of hydrogen-bond donors (Lipinski definition) is 1. The van der Waals surface area contributed by atoms with Crippen molar-refractivity contribution in [2.75, 3.05) is 18.0 Å². The fourth-order valence-electron chi connectivity index (χ4n) is 3.03. The first-order chi connectivity index (χ1) is 9.69. The topological polar surface area (TPSA) is 55.6 Å². The van der Waals surface area contributed by atoms with Crippen molar-refractivity contribution in [1.82, 2.24) is 0 Å². The van der Waals surface area contributed by atoms with Crippen LogP contribution in [0.3, 0.4) is 0 Å². The average Bonchev–Trinajstić information content (AvgIpc) is 2.94. The molecule has 1 amide bonds. The highest BCUT2D eigenvalue weighted by molar-refractivity contribution is 5.97. The zero-order chi connectivity index (χ0) is 14.1. The minimum atomic E-state index is -0.403. The molecule has 4 nitrogen and oxygen atoms in total. The predicted molar refractivity (Wildman–Crippen MR) is 74.0 cm³/mol. The van der Waals surface area contributed by atoms with E-state index < -0.39 is 6.10 Å². The van der Waals surface area contributed by atoms with Gasteiger partial charge in [-0.25, -0.2) is 4.39 Å². The van der Waals surface area contributed by atoms with Gasteiger partial charge in [0.05, 0.1) is 6.10 Å². The number of nitrogens with two attached hydrogens (primary N) is 1. The third-order valence-electron chi connectivity index (χ3n) is 4.07. The van der Waals surface area contributed by atoms with Crippen molar-refractivity contribution in [3.63, 3.8) is 0 Å². The maximum Gasteiger partial charge on any atom is 0.256 e. The van der Waals surface area contributed by atoms with Crippen LogP contribution in [0.5, 0.6) is 0 Å². The smallest absolute Gasteiger partial charge is 0.256 e. The number of fused-ring (bicyclic) bond motifs is 1. The van der Waals surface area contributed by atoms with Crippen molar-refractivity contribution in [2.24, 2.45) is 5.73 Å². The first-order valence-electron chi connectivity index (χ1n) is 7.14. The number of nitrogens with zero attached hydrogens (tertiary/aromatic N) is 1. The molecule has 0 unspecified atom stereocenters. The fourth-order valence-corrected chi connectivity index (χ4v) is 3.03. The molecule has 0 aromatic heterocycles. The molecule has 5 heteroatoms. The van der Waals surface area contributed by atoms with Crippen LogP contribution in [0.4, 0.5) is 10.1 Å². The summed E-state index contributed by atoms with van der Waals surface area (Å²) in [6, 6.07) is 4.62. The van der Waals surface area contributed by atoms with Crippen LogP contribution in [0.2, 0.25) is 0 Å². The summed E-state index contributed by atoms with van der Waals surface area (Å²) >= 11 is 0. The summed E-state index contributed by atoms with van der Waals surface area (Å²) in [5.74, 6) is -0.271. The number of ether oxygens (including phenoxy) is 1. The maximum absolute atomic E-state index is 13.3. The fraction of sp³-hybridized carbons (Fsp3) is 0.533. The van der Waals surface area contributed by atoms with Gasteiger partial charge in [-0.15, -0.1) is 0 Å². The second-order valence-corrected chi connectivity index (χ2v) is 5.43. The number of aryl methyl sites for hydroxylation is 1. The first-order valence-corrected chi connectivity index (χ1v) is 7.14. The monoisotopic (exact) mass is 278 g/mol. The highest BCUT2D eigenvalue weighted by Gasteiger charge is 2.34. The van der Waals surface area contributed by atoms with E-state index in [0.717, 1.165) is 30.5 Å². The van der Waals surface area contributed by atoms with Gasteiger partial charge in [-0.3, -0.25) is 4.79 Å². The highest BCUT2D eigenvalue weighted by Crippen LogP contribution is 2.30. The second-order valence-electron chi connectivity index (χ2n) is 5.43. The van der Waals surface area contributed by atoms with Crippen molar-refractivity contribution >= 4 is 11.6 Å². The lowest BCUT2D eigenvalue weighted by Gasteiger charge is -2.31. The molecule has 2 heterocycles. The predicted octanol–water partition coefficient (Wildman–Crippen LogP) is 1.61. The lowest BCUT2D eigenvalue weighted by atomic mass is 10.0. The molecule has 2 N–H and O–H groups in total. The summed E-state index contributed by atoms with van der Waals surface area (Å²) in [5.41, 5.74) is 7.30. The zero-order valence-corrected chi connectivity index (χ0v) is 11.3. The summed E-state index contributed by atoms with van der Waals surface area (Å²) in [7, 11) is 0. The Morgan fingerprint density at radius 3 is 3.05 bits per heavy atom. The van der Waals surface area contributed by atoms with Gasteiger partial charge in [0.25, 0.3) is 5.91 Å². The van der Waals surface area contributed by atoms with E-state index in [-0.39, 0.29) is 17.8 Å². The number of rotatable bonds is 2. The molecule has 2 atom stereocenters. The van der Waals surface area contributed by atoms with Crippen molar-refractivity contribution in [3.05, 3.63) is 29.6 Å². The summed E-state index contributed by atoms with van der Waals surface area (Å²) in [5, 5.41) is 0. The summed E-state index contributed by atoms with van der Waals surface area (Å²) in [6.07, 6.45) is 2.80. The van der Waals surface area contributed by atoms with Gasteiger partial charge in [-0.2, -0.15) is 0 Å². The Bertz CT molecular complexity index is 521. The van der Waals surface area contributed by atoms with Crippen LogP contribution in [-0.2, 0) is 16.0 Å². The van der Waals surface area contributed by atoms with Gasteiger partial charge >= 0.3 is 0 Å². The molecule has 0 spiro atoms. The molecular weight excluding hydrogens is 259 g/mol. The zero-order valence-electron chi connectivity index (χ0n) is 11.3. The van der Waals surface area contributed by atoms with Crippen LogP contribution in [-0.4, -0.2) is 31.2 Å². The van der Waals surface area contributed by atoms with E-state index in [4.69, 9.17) is 10.5 Å². The van der Waals surface area contributed by atoms with Gasteiger partial charge in [0.15, 0.2) is 0 Å². The van der Waals surface area contributed by atoms with Gasteiger partial charge in [-0.1, -0.05) is 0 Å². The van der Waals surface area contributed by atoms with Crippen LogP contribution in [0.25, 0.3) is 0 Å². The van der Waals surface area contributed by atoms with Gasteiger partial charge in [0.2, 0.25) is 0 Å². The Balaban J connectivity index is 1.80. The first kappa shape index (κ1) is 13.5. The van der Waals surface area contributed by atoms with E-state index in [0.29, 0.717) is 19.5 Å². The van der Waals surface area contributed by atoms with Crippen molar-refractivity contribution in [3.8, 4) is 0 Å². The molecule has 1 aromatic carbocycles. The van der Waals surface area contributed by atoms with E-state index >= 15 is 0 Å². The number of carbonyl (C=O) groups is 1. The Hall–Kier alpha value is -1.46. The van der Waals surface area contributed by atoms with Crippen molar-refractivity contribution in [2.45, 2.75) is 37.9 Å². The lowest BCUT2D eigenvalue weighted by molar-refractivity contribution is -0.129. The SMILES string of the molecule is NC[C@H]1CC[C@@H](C(=O)N2CCCc3cc(F)ccc32)O1. The maximum atomic E-state index is 13.3. The molecule has 3 rings (SSSR count). The average molecular weight is 278 g/mol. The number of benzene rings is 1. The highest BCUT2D eigenvalue weighted by atomic mass is 19.1. The van der Waals surface area contributed by atoms with Gasteiger partial charge in [-0.05, 0) is 49.4 Å². The molecule has 1 aromatic rings. The number of amides is 1. The number of anilines is 1. The lowest BCUT2D eigenvalue weighted by Crippen LogP contribution is -2.42. The Morgan fingerprint density at radius 2 is 2.30 bits per heavy atom. The third-order valence-corrected chi connectivity index (χ3v) is 4.07. The molecule has 0 aliphatic carbocycles. The van der Waals surface area contributed by atoms with Gasteiger partial charge < -0.3 is 15.4 Å². The van der Waals surface area contributed by atoms with E-state index in [1.807, 2.05) is 0 Å². The van der Waals surface area contributed by atoms with Crippen LogP contribution in [0, 0.1) is 5.82 Å². The van der Waals surface area contributed by atoms with E-state index in [1.165, 1.54) is 12.1 Å². The molecule has 1 saturated heterocycles. The van der Waals surface area contributed by atoms with Crippen LogP contribution >= 0.6 is 0 Å². The molecule has 0 bridgehead atoms. The quantitative estimate of drug-likeness (QED) is 0.894. The Morgan fingerprint density at radius 1 is 1.45 bits per heavy atom. The Labute approximate surface area is 117 Å². The van der Waals surface area contributed by atoms with E-state index in [1.54, 1.807) is 11.0 Å². The summed E-state index contributed by atoms with van der Waals surface area (Å²) in [6.45, 7) is 1.12. The minimum Gasteiger partial charge on any atom is -0.364 e. The number of carbonyl (C=O) groups excluding carboxylic acids is 1. The molecule has 0 radical (unpaired) electrons. The van der Waals surface area contributed by atoms with Crippen LogP contribution < -0.4 is 10.6 Å². The van der Waals surface area contributed by atoms with Crippen LogP contribution in [0.15, 0.2) is 18.2 Å². The summed E-state index contributed by atoms with van der Waals surface area (Å²) < 4.78 is 19.0. The van der Waals surface area contributed by atoms with E-state index in [2.05, 4.69) is 0 Å². The minimum absolute atomic E-state index is 0.0126. The van der Waals surface area contributed by atoms with Gasteiger partial charge in [0.1, 0.15) is 11.9 Å². The summed E-state index contributed by atoms with van der Waals surface area (Å²) in [4.78, 5) is 14.3. The Kier molecular flexibility index (Phi) is 3.72. The molecular formula is C15H19FN2O2.